The monoisotopic (exact) mass is 392 g/mol. The molecule has 1 heterocycles. The van der Waals surface area contributed by atoms with Crippen LogP contribution in [0.2, 0.25) is 0 Å². The molecule has 0 radical (unpaired) electrons. The standard InChI is InChI=1S/C24H24O5/c1-26-19-12-11-17(13-22(19)28-15-16-7-4-3-5-8-16)21-14-18-9-6-10-20(27-2)23(18)24(25)29-21/h3-13,21,24-25H,14-15H2,1-2H3. The summed E-state index contributed by atoms with van der Waals surface area (Å²) in [6.07, 6.45) is -0.709. The van der Waals surface area contributed by atoms with E-state index in [1.807, 2.05) is 66.7 Å². The highest BCUT2D eigenvalue weighted by Gasteiger charge is 2.30. The van der Waals surface area contributed by atoms with Crippen LogP contribution in [0.15, 0.2) is 66.7 Å². The third-order valence-electron chi connectivity index (χ3n) is 5.12. The summed E-state index contributed by atoms with van der Waals surface area (Å²) in [4.78, 5) is 0. The molecule has 0 spiro atoms. The second kappa shape index (κ2) is 8.55. The quantitative estimate of drug-likeness (QED) is 0.665. The Kier molecular flexibility index (Phi) is 5.69. The third kappa shape index (κ3) is 4.06. The molecular formula is C24H24O5. The van der Waals surface area contributed by atoms with Crippen LogP contribution in [-0.2, 0) is 17.8 Å². The lowest BCUT2D eigenvalue weighted by Gasteiger charge is -2.31. The van der Waals surface area contributed by atoms with Crippen molar-refractivity contribution in [2.45, 2.75) is 25.4 Å². The molecule has 1 N–H and O–H groups in total. The summed E-state index contributed by atoms with van der Waals surface area (Å²) in [5.74, 6) is 1.93. The second-order valence-corrected chi connectivity index (χ2v) is 6.90. The Morgan fingerprint density at radius 2 is 1.69 bits per heavy atom. The number of methoxy groups -OCH3 is 2. The van der Waals surface area contributed by atoms with Crippen molar-refractivity contribution >= 4 is 0 Å². The number of hydrogen-bond acceptors (Lipinski definition) is 5. The zero-order valence-electron chi connectivity index (χ0n) is 16.5. The van der Waals surface area contributed by atoms with Crippen LogP contribution in [0.25, 0.3) is 0 Å². The molecule has 2 atom stereocenters. The van der Waals surface area contributed by atoms with Crippen LogP contribution in [0.1, 0.15) is 34.6 Å². The molecule has 29 heavy (non-hydrogen) atoms. The molecule has 150 valence electrons. The molecule has 0 saturated heterocycles. The van der Waals surface area contributed by atoms with Crippen LogP contribution in [0, 0.1) is 0 Å². The predicted octanol–water partition coefficient (Wildman–Crippen LogP) is 4.59. The van der Waals surface area contributed by atoms with Gasteiger partial charge in [-0.05, 0) is 34.9 Å². The van der Waals surface area contributed by atoms with Gasteiger partial charge < -0.3 is 24.1 Å². The summed E-state index contributed by atoms with van der Waals surface area (Å²) in [6, 6.07) is 21.4. The fourth-order valence-electron chi connectivity index (χ4n) is 3.64. The van der Waals surface area contributed by atoms with Crippen LogP contribution in [-0.4, -0.2) is 19.3 Å². The molecule has 0 saturated carbocycles. The lowest BCUT2D eigenvalue weighted by Crippen LogP contribution is -2.21. The molecule has 0 bridgehead atoms. The molecule has 1 aliphatic rings. The van der Waals surface area contributed by atoms with E-state index < -0.39 is 6.29 Å². The van der Waals surface area contributed by atoms with Crippen molar-refractivity contribution in [3.8, 4) is 17.2 Å². The van der Waals surface area contributed by atoms with E-state index in [9.17, 15) is 5.11 Å². The molecule has 3 aromatic rings. The van der Waals surface area contributed by atoms with Crippen molar-refractivity contribution in [2.75, 3.05) is 14.2 Å². The first-order chi connectivity index (χ1) is 14.2. The van der Waals surface area contributed by atoms with Crippen molar-refractivity contribution in [3.05, 3.63) is 89.0 Å². The van der Waals surface area contributed by atoms with Crippen LogP contribution >= 0.6 is 0 Å². The largest absolute Gasteiger partial charge is 0.496 e. The smallest absolute Gasteiger partial charge is 0.185 e. The number of hydrogen-bond donors (Lipinski definition) is 1. The normalized spacial score (nSPS) is 18.0. The van der Waals surface area contributed by atoms with E-state index in [0.29, 0.717) is 35.8 Å². The van der Waals surface area contributed by atoms with E-state index >= 15 is 0 Å². The van der Waals surface area contributed by atoms with E-state index in [-0.39, 0.29) is 6.10 Å². The summed E-state index contributed by atoms with van der Waals surface area (Å²) in [7, 11) is 3.21. The van der Waals surface area contributed by atoms with Gasteiger partial charge in [-0.2, -0.15) is 0 Å². The Hall–Kier alpha value is -3.02. The fourth-order valence-corrected chi connectivity index (χ4v) is 3.64. The maximum Gasteiger partial charge on any atom is 0.185 e. The van der Waals surface area contributed by atoms with E-state index in [4.69, 9.17) is 18.9 Å². The van der Waals surface area contributed by atoms with Gasteiger partial charge in [-0.1, -0.05) is 48.5 Å². The Morgan fingerprint density at radius 3 is 2.45 bits per heavy atom. The highest BCUT2D eigenvalue weighted by Crippen LogP contribution is 2.42. The van der Waals surface area contributed by atoms with Gasteiger partial charge >= 0.3 is 0 Å². The van der Waals surface area contributed by atoms with Crippen molar-refractivity contribution in [2.24, 2.45) is 0 Å². The first kappa shape index (κ1) is 19.3. The van der Waals surface area contributed by atoms with E-state index in [1.54, 1.807) is 14.2 Å². The Bertz CT molecular complexity index is 970. The van der Waals surface area contributed by atoms with Gasteiger partial charge in [0.05, 0.1) is 25.9 Å². The van der Waals surface area contributed by atoms with Crippen LogP contribution in [0.5, 0.6) is 17.2 Å². The van der Waals surface area contributed by atoms with E-state index in [0.717, 1.165) is 16.7 Å². The Labute approximate surface area is 170 Å². The molecule has 2 unspecified atom stereocenters. The molecule has 0 aliphatic carbocycles. The Morgan fingerprint density at radius 1 is 0.897 bits per heavy atom. The van der Waals surface area contributed by atoms with Gasteiger partial charge in [0.1, 0.15) is 12.4 Å². The van der Waals surface area contributed by atoms with Crippen LogP contribution < -0.4 is 14.2 Å². The number of rotatable bonds is 6. The molecule has 0 aromatic heterocycles. The number of fused-ring (bicyclic) bond motifs is 1. The number of aliphatic hydroxyl groups excluding tert-OH is 1. The summed E-state index contributed by atoms with van der Waals surface area (Å²) in [6.45, 7) is 0.439. The zero-order chi connectivity index (χ0) is 20.2. The topological polar surface area (TPSA) is 57.2 Å². The highest BCUT2D eigenvalue weighted by atomic mass is 16.6. The average Bonchev–Trinajstić information content (AvgIpc) is 2.77. The maximum absolute atomic E-state index is 10.6. The van der Waals surface area contributed by atoms with Crippen LogP contribution in [0.3, 0.4) is 0 Å². The molecule has 0 amide bonds. The van der Waals surface area contributed by atoms with E-state index in [1.165, 1.54) is 0 Å². The minimum Gasteiger partial charge on any atom is -0.496 e. The highest BCUT2D eigenvalue weighted by molar-refractivity contribution is 5.46. The summed E-state index contributed by atoms with van der Waals surface area (Å²) < 4.78 is 22.7. The summed E-state index contributed by atoms with van der Waals surface area (Å²) >= 11 is 0. The van der Waals surface area contributed by atoms with Crippen molar-refractivity contribution in [1.29, 1.82) is 0 Å². The number of benzene rings is 3. The van der Waals surface area contributed by atoms with Gasteiger partial charge in [0, 0.05) is 6.42 Å². The molecule has 5 nitrogen and oxygen atoms in total. The molecule has 4 rings (SSSR count). The SMILES string of the molecule is COc1ccc(C2Cc3cccc(OC)c3C(O)O2)cc1OCc1ccccc1. The van der Waals surface area contributed by atoms with Gasteiger partial charge in [-0.3, -0.25) is 0 Å². The zero-order valence-corrected chi connectivity index (χ0v) is 16.5. The lowest BCUT2D eigenvalue weighted by molar-refractivity contribution is -0.152. The van der Waals surface area contributed by atoms with Crippen molar-refractivity contribution in [1.82, 2.24) is 0 Å². The van der Waals surface area contributed by atoms with Crippen molar-refractivity contribution in [3.63, 3.8) is 0 Å². The lowest BCUT2D eigenvalue weighted by atomic mass is 9.93. The second-order valence-electron chi connectivity index (χ2n) is 6.90. The molecule has 1 aliphatic heterocycles. The minimum atomic E-state index is -1.05. The summed E-state index contributed by atoms with van der Waals surface area (Å²) in [5.41, 5.74) is 3.70. The van der Waals surface area contributed by atoms with E-state index in [2.05, 4.69) is 0 Å². The first-order valence-electron chi connectivity index (χ1n) is 9.53. The Balaban J connectivity index is 1.58. The van der Waals surface area contributed by atoms with Gasteiger partial charge in [0.15, 0.2) is 17.8 Å². The summed E-state index contributed by atoms with van der Waals surface area (Å²) in [5, 5.41) is 10.6. The fraction of sp³-hybridized carbons (Fsp3) is 0.250. The van der Waals surface area contributed by atoms with Gasteiger partial charge in [0.2, 0.25) is 0 Å². The number of ether oxygens (including phenoxy) is 4. The molecular weight excluding hydrogens is 368 g/mol. The first-order valence-corrected chi connectivity index (χ1v) is 9.53. The average molecular weight is 392 g/mol. The number of aliphatic hydroxyl groups is 1. The van der Waals surface area contributed by atoms with Crippen LogP contribution in [0.4, 0.5) is 0 Å². The van der Waals surface area contributed by atoms with Crippen molar-refractivity contribution < 1.29 is 24.1 Å². The molecule has 5 heteroatoms. The minimum absolute atomic E-state index is 0.297. The third-order valence-corrected chi connectivity index (χ3v) is 5.12. The predicted molar refractivity (Wildman–Crippen MR) is 109 cm³/mol. The molecule has 0 fully saturated rings. The van der Waals surface area contributed by atoms with Gasteiger partial charge in [0.25, 0.3) is 0 Å². The van der Waals surface area contributed by atoms with Gasteiger partial charge in [-0.15, -0.1) is 0 Å². The van der Waals surface area contributed by atoms with Gasteiger partial charge in [-0.25, -0.2) is 0 Å². The molecule has 3 aromatic carbocycles. The maximum atomic E-state index is 10.6.